The molecule has 1 amide bonds. The SMILES string of the molecule is C/C(=N/NC(=O)COc1c(Br)cc(C(C)(C)CC(C)(C)C)cc1Br)c1ccc2c(c1)CCCC2. The summed E-state index contributed by atoms with van der Waals surface area (Å²) in [6, 6.07) is 10.6. The number of hydrogen-bond acceptors (Lipinski definition) is 3. The number of carbonyl (C=O) groups excluding carboxylic acids is 1. The Balaban J connectivity index is 1.62. The van der Waals surface area contributed by atoms with Crippen LogP contribution in [0.3, 0.4) is 0 Å². The van der Waals surface area contributed by atoms with E-state index in [9.17, 15) is 4.79 Å². The molecule has 4 nitrogen and oxygen atoms in total. The Bertz CT molecular complexity index is 1060. The van der Waals surface area contributed by atoms with Crippen LogP contribution in [0.1, 0.15) is 83.1 Å². The standard InChI is InChI=1S/C28H36Br2N2O2/c1-18(20-12-11-19-9-7-8-10-21(19)13-20)31-32-25(33)16-34-26-23(29)14-22(15-24(26)30)28(5,6)17-27(2,3)4/h11-15H,7-10,16-17H2,1-6H3,(H,32,33)/b31-18-. The molecule has 0 heterocycles. The minimum atomic E-state index is -0.298. The second-order valence-corrected chi connectivity index (χ2v) is 12.8. The molecule has 0 unspecified atom stereocenters. The lowest BCUT2D eigenvalue weighted by Gasteiger charge is -2.33. The van der Waals surface area contributed by atoms with Gasteiger partial charge in [-0.05, 0) is 122 Å². The highest BCUT2D eigenvalue weighted by Gasteiger charge is 2.28. The number of carbonyl (C=O) groups is 1. The van der Waals surface area contributed by atoms with Gasteiger partial charge in [-0.25, -0.2) is 5.43 Å². The topological polar surface area (TPSA) is 50.7 Å². The Morgan fingerprint density at radius 2 is 1.62 bits per heavy atom. The first-order chi connectivity index (χ1) is 15.9. The predicted octanol–water partition coefficient (Wildman–Crippen LogP) is 7.72. The lowest BCUT2D eigenvalue weighted by molar-refractivity contribution is -0.123. The Kier molecular flexibility index (Phi) is 8.67. The van der Waals surface area contributed by atoms with Crippen molar-refractivity contribution in [3.8, 4) is 5.75 Å². The monoisotopic (exact) mass is 590 g/mol. The maximum Gasteiger partial charge on any atom is 0.277 e. The second kappa shape index (κ2) is 10.9. The molecular formula is C28H36Br2N2O2. The highest BCUT2D eigenvalue weighted by molar-refractivity contribution is 9.11. The zero-order valence-corrected chi connectivity index (χ0v) is 24.3. The number of nitrogens with one attached hydrogen (secondary N) is 1. The summed E-state index contributed by atoms with van der Waals surface area (Å²) in [7, 11) is 0. The number of aryl methyl sites for hydroxylation is 2. The Morgan fingerprint density at radius 3 is 2.24 bits per heavy atom. The van der Waals surface area contributed by atoms with Crippen molar-refractivity contribution >= 4 is 43.5 Å². The number of hydrazone groups is 1. The van der Waals surface area contributed by atoms with E-state index in [4.69, 9.17) is 4.74 Å². The van der Waals surface area contributed by atoms with Crippen molar-refractivity contribution in [3.63, 3.8) is 0 Å². The molecule has 0 radical (unpaired) electrons. The van der Waals surface area contributed by atoms with Crippen molar-refractivity contribution in [2.75, 3.05) is 6.61 Å². The van der Waals surface area contributed by atoms with Gasteiger partial charge in [0, 0.05) is 0 Å². The van der Waals surface area contributed by atoms with Gasteiger partial charge in [0.25, 0.3) is 5.91 Å². The van der Waals surface area contributed by atoms with Crippen molar-refractivity contribution < 1.29 is 9.53 Å². The van der Waals surface area contributed by atoms with Crippen LogP contribution >= 0.6 is 31.9 Å². The highest BCUT2D eigenvalue weighted by atomic mass is 79.9. The Labute approximate surface area is 221 Å². The van der Waals surface area contributed by atoms with Gasteiger partial charge in [-0.15, -0.1) is 0 Å². The first-order valence-electron chi connectivity index (χ1n) is 11.9. The van der Waals surface area contributed by atoms with Gasteiger partial charge in [0.15, 0.2) is 6.61 Å². The lowest BCUT2D eigenvalue weighted by atomic mass is 9.72. The third kappa shape index (κ3) is 7.17. The number of fused-ring (bicyclic) bond motifs is 1. The fraction of sp³-hybridized carbons (Fsp3) is 0.500. The number of amides is 1. The largest absolute Gasteiger partial charge is 0.481 e. The molecule has 184 valence electrons. The number of rotatable bonds is 7. The molecule has 3 rings (SSSR count). The van der Waals surface area contributed by atoms with Crippen LogP contribution < -0.4 is 10.2 Å². The fourth-order valence-electron chi connectivity index (χ4n) is 4.86. The van der Waals surface area contributed by atoms with Gasteiger partial charge in [0.2, 0.25) is 0 Å². The quantitative estimate of drug-likeness (QED) is 0.265. The Hall–Kier alpha value is -1.66. The normalized spacial score (nSPS) is 14.5. The molecule has 0 bridgehead atoms. The van der Waals surface area contributed by atoms with E-state index >= 15 is 0 Å². The van der Waals surface area contributed by atoms with E-state index in [0.29, 0.717) is 5.75 Å². The molecule has 0 saturated heterocycles. The summed E-state index contributed by atoms with van der Waals surface area (Å²) in [5, 5.41) is 4.29. The molecule has 1 aliphatic carbocycles. The van der Waals surface area contributed by atoms with E-state index in [1.807, 2.05) is 6.92 Å². The van der Waals surface area contributed by atoms with Crippen LogP contribution in [0.5, 0.6) is 5.75 Å². The molecule has 1 N–H and O–H groups in total. The van der Waals surface area contributed by atoms with E-state index in [1.165, 1.54) is 29.5 Å². The van der Waals surface area contributed by atoms with Crippen molar-refractivity contribution in [1.29, 1.82) is 0 Å². The van der Waals surface area contributed by atoms with Crippen LogP contribution in [0.4, 0.5) is 0 Å². The molecule has 0 aliphatic heterocycles. The number of halogens is 2. The van der Waals surface area contributed by atoms with Crippen molar-refractivity contribution in [2.24, 2.45) is 10.5 Å². The second-order valence-electron chi connectivity index (χ2n) is 11.1. The van der Waals surface area contributed by atoms with Crippen LogP contribution in [0.15, 0.2) is 44.4 Å². The summed E-state index contributed by atoms with van der Waals surface area (Å²) in [4.78, 5) is 12.4. The van der Waals surface area contributed by atoms with Gasteiger partial charge in [0.1, 0.15) is 5.75 Å². The molecule has 0 saturated carbocycles. The van der Waals surface area contributed by atoms with Crippen LogP contribution in [-0.4, -0.2) is 18.2 Å². The Morgan fingerprint density at radius 1 is 1.00 bits per heavy atom. The molecule has 0 aromatic heterocycles. The third-order valence-electron chi connectivity index (χ3n) is 6.21. The van der Waals surface area contributed by atoms with Crippen LogP contribution in [0.25, 0.3) is 0 Å². The first kappa shape index (κ1) is 26.9. The van der Waals surface area contributed by atoms with E-state index in [-0.39, 0.29) is 23.3 Å². The van der Waals surface area contributed by atoms with Crippen LogP contribution in [-0.2, 0) is 23.1 Å². The van der Waals surface area contributed by atoms with Gasteiger partial charge in [-0.1, -0.05) is 46.8 Å². The van der Waals surface area contributed by atoms with Crippen LogP contribution in [0.2, 0.25) is 0 Å². The van der Waals surface area contributed by atoms with E-state index in [1.54, 1.807) is 0 Å². The molecule has 0 spiro atoms. The smallest absolute Gasteiger partial charge is 0.277 e. The van der Waals surface area contributed by atoms with Gasteiger partial charge in [-0.2, -0.15) is 5.10 Å². The van der Waals surface area contributed by atoms with Gasteiger partial charge < -0.3 is 4.74 Å². The summed E-state index contributed by atoms with van der Waals surface area (Å²) in [5.41, 5.74) is 8.72. The zero-order chi connectivity index (χ0) is 25.1. The van der Waals surface area contributed by atoms with E-state index in [0.717, 1.165) is 39.5 Å². The lowest BCUT2D eigenvalue weighted by Crippen LogP contribution is -2.26. The maximum atomic E-state index is 12.4. The molecule has 2 aromatic carbocycles. The summed E-state index contributed by atoms with van der Waals surface area (Å²) in [5.74, 6) is 0.314. The number of hydrogen-bond donors (Lipinski definition) is 1. The van der Waals surface area contributed by atoms with E-state index in [2.05, 4.69) is 107 Å². The average molecular weight is 592 g/mol. The van der Waals surface area contributed by atoms with Gasteiger partial charge in [-0.3, -0.25) is 4.79 Å². The van der Waals surface area contributed by atoms with Crippen molar-refractivity contribution in [3.05, 3.63) is 61.5 Å². The summed E-state index contributed by atoms with van der Waals surface area (Å²) in [6.45, 7) is 13.1. The molecule has 2 aromatic rings. The van der Waals surface area contributed by atoms with Crippen LogP contribution in [0, 0.1) is 5.41 Å². The zero-order valence-electron chi connectivity index (χ0n) is 21.1. The minimum Gasteiger partial charge on any atom is -0.481 e. The molecule has 0 atom stereocenters. The van der Waals surface area contributed by atoms with Gasteiger partial charge >= 0.3 is 0 Å². The molecule has 1 aliphatic rings. The van der Waals surface area contributed by atoms with E-state index < -0.39 is 0 Å². The fourth-order valence-corrected chi connectivity index (χ4v) is 6.27. The third-order valence-corrected chi connectivity index (χ3v) is 7.39. The highest BCUT2D eigenvalue weighted by Crippen LogP contribution is 2.42. The van der Waals surface area contributed by atoms with Crippen molar-refractivity contribution in [1.82, 2.24) is 5.43 Å². The molecule has 34 heavy (non-hydrogen) atoms. The molecular weight excluding hydrogens is 556 g/mol. The number of benzene rings is 2. The number of ether oxygens (including phenoxy) is 1. The summed E-state index contributed by atoms with van der Waals surface area (Å²) < 4.78 is 7.47. The molecule has 6 heteroatoms. The summed E-state index contributed by atoms with van der Waals surface area (Å²) >= 11 is 7.26. The van der Waals surface area contributed by atoms with Crippen molar-refractivity contribution in [2.45, 2.75) is 79.1 Å². The number of nitrogens with zero attached hydrogens (tertiary/aromatic N) is 1. The summed E-state index contributed by atoms with van der Waals surface area (Å²) in [6.07, 6.45) is 5.82. The minimum absolute atomic E-state index is 0.00210. The first-order valence-corrected chi connectivity index (χ1v) is 13.5. The maximum absolute atomic E-state index is 12.4. The average Bonchev–Trinajstić information content (AvgIpc) is 2.74. The van der Waals surface area contributed by atoms with Gasteiger partial charge in [0.05, 0.1) is 14.7 Å². The predicted molar refractivity (Wildman–Crippen MR) is 148 cm³/mol. The molecule has 0 fully saturated rings.